The second-order valence-corrected chi connectivity index (χ2v) is 4.80. The minimum Gasteiger partial charge on any atom is -0.313 e. The van der Waals surface area contributed by atoms with Crippen LogP contribution in [-0.4, -0.2) is 16.3 Å². The molecule has 2 rings (SSSR count). The van der Waals surface area contributed by atoms with E-state index in [2.05, 4.69) is 10.4 Å². The van der Waals surface area contributed by atoms with Gasteiger partial charge >= 0.3 is 0 Å². The van der Waals surface area contributed by atoms with Crippen molar-refractivity contribution in [2.75, 3.05) is 6.54 Å². The number of hydrogen-bond donors (Lipinski definition) is 1. The van der Waals surface area contributed by atoms with Crippen molar-refractivity contribution in [1.82, 2.24) is 15.1 Å². The van der Waals surface area contributed by atoms with Crippen LogP contribution in [0.2, 0.25) is 5.02 Å². The first-order valence-corrected chi connectivity index (χ1v) is 6.83. The zero-order chi connectivity index (χ0) is 14.5. The summed E-state index contributed by atoms with van der Waals surface area (Å²) in [4.78, 5) is 0. The number of nitrogens with zero attached hydrogens (tertiary/aromatic N) is 2. The number of rotatable bonds is 6. The van der Waals surface area contributed by atoms with Crippen LogP contribution in [0.4, 0.5) is 8.78 Å². The molecular weight excluding hydrogens is 284 g/mol. The Balaban J connectivity index is 2.37. The molecule has 20 heavy (non-hydrogen) atoms. The van der Waals surface area contributed by atoms with Crippen molar-refractivity contribution in [2.24, 2.45) is 0 Å². The maximum Gasteiger partial charge on any atom is 0.280 e. The van der Waals surface area contributed by atoms with Crippen molar-refractivity contribution in [3.63, 3.8) is 0 Å². The number of para-hydroxylation sites is 1. The molecule has 2 aromatic rings. The van der Waals surface area contributed by atoms with Gasteiger partial charge in [0.1, 0.15) is 5.69 Å². The van der Waals surface area contributed by atoms with Crippen LogP contribution >= 0.6 is 11.6 Å². The van der Waals surface area contributed by atoms with Gasteiger partial charge in [0, 0.05) is 12.1 Å². The molecule has 0 spiro atoms. The Labute approximate surface area is 121 Å². The van der Waals surface area contributed by atoms with Gasteiger partial charge in [-0.25, -0.2) is 13.5 Å². The van der Waals surface area contributed by atoms with Gasteiger partial charge < -0.3 is 5.32 Å². The summed E-state index contributed by atoms with van der Waals surface area (Å²) in [5.74, 6) is 0. The predicted octanol–water partition coefficient (Wildman–Crippen LogP) is 3.96. The molecule has 0 unspecified atom stereocenters. The van der Waals surface area contributed by atoms with E-state index in [1.54, 1.807) is 24.3 Å². The molecule has 0 bridgehead atoms. The summed E-state index contributed by atoms with van der Waals surface area (Å²) >= 11 is 6.05. The van der Waals surface area contributed by atoms with E-state index in [4.69, 9.17) is 11.6 Å². The summed E-state index contributed by atoms with van der Waals surface area (Å²) in [6.07, 6.45) is -0.192. The largest absolute Gasteiger partial charge is 0.313 e. The fourth-order valence-corrected chi connectivity index (χ4v) is 2.19. The summed E-state index contributed by atoms with van der Waals surface area (Å²) < 4.78 is 27.9. The Kier molecular flexibility index (Phi) is 5.09. The first-order chi connectivity index (χ1) is 9.65. The number of alkyl halides is 2. The zero-order valence-electron chi connectivity index (χ0n) is 11.1. The van der Waals surface area contributed by atoms with Crippen molar-refractivity contribution in [2.45, 2.75) is 26.3 Å². The molecule has 1 heterocycles. The van der Waals surface area contributed by atoms with Crippen molar-refractivity contribution in [1.29, 1.82) is 0 Å². The van der Waals surface area contributed by atoms with Crippen molar-refractivity contribution in [3.05, 3.63) is 46.7 Å². The van der Waals surface area contributed by atoms with Crippen molar-refractivity contribution >= 4 is 11.6 Å². The smallest absolute Gasteiger partial charge is 0.280 e. The third-order valence-corrected chi connectivity index (χ3v) is 3.24. The van der Waals surface area contributed by atoms with E-state index in [-0.39, 0.29) is 5.69 Å². The average Bonchev–Trinajstić information content (AvgIpc) is 2.83. The highest BCUT2D eigenvalue weighted by Crippen LogP contribution is 2.28. The van der Waals surface area contributed by atoms with E-state index in [0.717, 1.165) is 13.0 Å². The van der Waals surface area contributed by atoms with E-state index in [1.807, 2.05) is 6.92 Å². The minimum absolute atomic E-state index is 0.110. The van der Waals surface area contributed by atoms with Gasteiger partial charge in [-0.2, -0.15) is 5.10 Å². The Hall–Kier alpha value is -1.46. The van der Waals surface area contributed by atoms with E-state index in [9.17, 15) is 8.78 Å². The van der Waals surface area contributed by atoms with Crippen LogP contribution in [0.25, 0.3) is 5.69 Å². The van der Waals surface area contributed by atoms with Gasteiger partial charge in [0.15, 0.2) is 0 Å². The van der Waals surface area contributed by atoms with Gasteiger partial charge in [-0.3, -0.25) is 0 Å². The van der Waals surface area contributed by atoms with Crippen LogP contribution in [0.3, 0.4) is 0 Å². The third-order valence-electron chi connectivity index (χ3n) is 2.92. The quantitative estimate of drug-likeness (QED) is 0.818. The molecule has 0 atom stereocenters. The number of hydrogen-bond acceptors (Lipinski definition) is 2. The molecule has 0 amide bonds. The maximum atomic E-state index is 13.3. The lowest BCUT2D eigenvalue weighted by molar-refractivity contribution is 0.141. The van der Waals surface area contributed by atoms with Crippen molar-refractivity contribution in [3.8, 4) is 5.69 Å². The first kappa shape index (κ1) is 14.9. The van der Waals surface area contributed by atoms with Crippen LogP contribution in [0.1, 0.15) is 31.0 Å². The van der Waals surface area contributed by atoms with Gasteiger partial charge in [0.2, 0.25) is 0 Å². The Morgan fingerprint density at radius 2 is 2.10 bits per heavy atom. The number of halogens is 3. The van der Waals surface area contributed by atoms with Crippen LogP contribution in [-0.2, 0) is 6.54 Å². The van der Waals surface area contributed by atoms with Gasteiger partial charge in [0.05, 0.1) is 16.9 Å². The molecular formula is C14H16ClF2N3. The number of aromatic nitrogens is 2. The average molecular weight is 300 g/mol. The monoisotopic (exact) mass is 299 g/mol. The van der Waals surface area contributed by atoms with E-state index < -0.39 is 6.43 Å². The molecule has 0 aliphatic rings. The minimum atomic E-state index is -2.60. The van der Waals surface area contributed by atoms with Gasteiger partial charge in [-0.05, 0) is 25.1 Å². The predicted molar refractivity (Wildman–Crippen MR) is 75.5 cm³/mol. The second kappa shape index (κ2) is 6.81. The molecule has 0 fully saturated rings. The van der Waals surface area contributed by atoms with Gasteiger partial charge in [-0.15, -0.1) is 0 Å². The van der Waals surface area contributed by atoms with Crippen molar-refractivity contribution < 1.29 is 8.78 Å². The molecule has 0 saturated carbocycles. The normalized spacial score (nSPS) is 11.2. The first-order valence-electron chi connectivity index (χ1n) is 6.45. The molecule has 0 aliphatic heterocycles. The lowest BCUT2D eigenvalue weighted by Crippen LogP contribution is -2.15. The summed E-state index contributed by atoms with van der Waals surface area (Å²) in [5.41, 5.74) is 0.848. The second-order valence-electron chi connectivity index (χ2n) is 4.40. The highest BCUT2D eigenvalue weighted by atomic mass is 35.5. The lowest BCUT2D eigenvalue weighted by Gasteiger charge is -2.10. The summed E-state index contributed by atoms with van der Waals surface area (Å²) in [5, 5.41) is 7.56. The summed E-state index contributed by atoms with van der Waals surface area (Å²) in [7, 11) is 0. The van der Waals surface area contributed by atoms with E-state index in [0.29, 0.717) is 22.8 Å². The van der Waals surface area contributed by atoms with Crippen LogP contribution in [0.5, 0.6) is 0 Å². The highest BCUT2D eigenvalue weighted by Gasteiger charge is 2.21. The zero-order valence-corrected chi connectivity index (χ0v) is 11.9. The molecule has 1 N–H and O–H groups in total. The SMILES string of the molecule is CCCNCc1cnn(-c2ccccc2Cl)c1C(F)F. The molecule has 0 aliphatic carbocycles. The highest BCUT2D eigenvalue weighted by molar-refractivity contribution is 6.32. The standard InChI is InChI=1S/C14H16ClF2N3/c1-2-7-18-8-10-9-19-20(13(10)14(16)17)12-6-4-3-5-11(12)15/h3-6,9,14,18H,2,7-8H2,1H3. The van der Waals surface area contributed by atoms with Crippen LogP contribution < -0.4 is 5.32 Å². The summed E-state index contributed by atoms with van der Waals surface area (Å²) in [6.45, 7) is 3.17. The van der Waals surface area contributed by atoms with Gasteiger partial charge in [-0.1, -0.05) is 30.7 Å². The Bertz CT molecular complexity index is 569. The lowest BCUT2D eigenvalue weighted by atomic mass is 10.2. The Morgan fingerprint density at radius 1 is 1.35 bits per heavy atom. The van der Waals surface area contributed by atoms with E-state index >= 15 is 0 Å². The number of nitrogens with one attached hydrogen (secondary N) is 1. The molecule has 1 aromatic heterocycles. The molecule has 0 radical (unpaired) electrons. The maximum absolute atomic E-state index is 13.3. The fraction of sp³-hybridized carbons (Fsp3) is 0.357. The molecule has 6 heteroatoms. The van der Waals surface area contributed by atoms with Crippen LogP contribution in [0.15, 0.2) is 30.5 Å². The molecule has 3 nitrogen and oxygen atoms in total. The molecule has 108 valence electrons. The Morgan fingerprint density at radius 3 is 2.75 bits per heavy atom. The fourth-order valence-electron chi connectivity index (χ4n) is 1.98. The topological polar surface area (TPSA) is 29.9 Å². The molecule has 0 saturated heterocycles. The summed E-state index contributed by atoms with van der Waals surface area (Å²) in [6, 6.07) is 6.82. The van der Waals surface area contributed by atoms with E-state index in [1.165, 1.54) is 10.9 Å². The van der Waals surface area contributed by atoms with Gasteiger partial charge in [0.25, 0.3) is 6.43 Å². The van der Waals surface area contributed by atoms with Crippen LogP contribution in [0, 0.1) is 0 Å². The third kappa shape index (κ3) is 3.16. The molecule has 1 aromatic carbocycles. The number of benzene rings is 1.